The van der Waals surface area contributed by atoms with E-state index in [1.165, 1.54) is 68.9 Å². The van der Waals surface area contributed by atoms with Crippen LogP contribution in [0.5, 0.6) is 0 Å². The lowest BCUT2D eigenvalue weighted by molar-refractivity contribution is 0.538. The topological polar surface area (TPSA) is 38.7 Å². The Hall–Kier alpha value is -2.55. The van der Waals surface area contributed by atoms with Crippen LogP contribution in [0.1, 0.15) is 89.7 Å². The molecule has 0 aliphatic heterocycles. The molecule has 0 saturated carbocycles. The molecule has 0 spiro atoms. The van der Waals surface area contributed by atoms with Crippen molar-refractivity contribution in [1.82, 2.24) is 15.0 Å². The predicted octanol–water partition coefficient (Wildman–Crippen LogP) is 8.48. The van der Waals surface area contributed by atoms with E-state index in [9.17, 15) is 0 Å². The predicted molar refractivity (Wildman–Crippen MR) is 140 cm³/mol. The van der Waals surface area contributed by atoms with Gasteiger partial charge in [-0.15, -0.1) is 0 Å². The summed E-state index contributed by atoms with van der Waals surface area (Å²) in [7, 11) is 0. The second kappa shape index (κ2) is 13.9. The highest BCUT2D eigenvalue weighted by Gasteiger charge is 2.05. The van der Waals surface area contributed by atoms with Gasteiger partial charge in [0.25, 0.3) is 0 Å². The van der Waals surface area contributed by atoms with E-state index >= 15 is 0 Å². The molecule has 3 nitrogen and oxygen atoms in total. The molecule has 0 fully saturated rings. The molecule has 0 saturated heterocycles. The van der Waals surface area contributed by atoms with Crippen LogP contribution in [0.25, 0.3) is 22.6 Å². The second-order valence-corrected chi connectivity index (χ2v) is 9.70. The van der Waals surface area contributed by atoms with Crippen LogP contribution >= 0.6 is 0 Å². The van der Waals surface area contributed by atoms with Gasteiger partial charge in [0.1, 0.15) is 0 Å². The Labute approximate surface area is 201 Å². The average molecular weight is 444 g/mol. The third-order valence-electron chi connectivity index (χ3n) is 6.29. The van der Waals surface area contributed by atoms with Gasteiger partial charge in [0.15, 0.2) is 5.82 Å². The monoisotopic (exact) mass is 443 g/mol. The third kappa shape index (κ3) is 8.72. The van der Waals surface area contributed by atoms with E-state index in [4.69, 9.17) is 0 Å². The van der Waals surface area contributed by atoms with E-state index < -0.39 is 0 Å². The average Bonchev–Trinajstić information content (AvgIpc) is 2.85. The van der Waals surface area contributed by atoms with Crippen LogP contribution in [0.15, 0.2) is 55.0 Å². The highest BCUT2D eigenvalue weighted by molar-refractivity contribution is 5.63. The Balaban J connectivity index is 1.49. The zero-order chi connectivity index (χ0) is 23.3. The maximum Gasteiger partial charge on any atom is 0.160 e. The SMILES string of the molecule is CCCCCCCCc1cnc(-c2ccc(-c3ccc(CCCCC(C)C)cc3)nc2)nc1. The fourth-order valence-electron chi connectivity index (χ4n) is 4.16. The Morgan fingerprint density at radius 1 is 0.606 bits per heavy atom. The van der Waals surface area contributed by atoms with Crippen molar-refractivity contribution in [2.45, 2.75) is 91.4 Å². The molecule has 0 N–H and O–H groups in total. The number of hydrogen-bond donors (Lipinski definition) is 0. The third-order valence-corrected chi connectivity index (χ3v) is 6.29. The molecule has 2 aromatic heterocycles. The maximum absolute atomic E-state index is 4.68. The lowest BCUT2D eigenvalue weighted by Crippen LogP contribution is -1.94. The van der Waals surface area contributed by atoms with Gasteiger partial charge in [0.05, 0.1) is 5.69 Å². The van der Waals surface area contributed by atoms with E-state index in [0.29, 0.717) is 0 Å². The number of aryl methyl sites for hydroxylation is 2. The van der Waals surface area contributed by atoms with Crippen LogP contribution in [0.3, 0.4) is 0 Å². The number of nitrogens with zero attached hydrogens (tertiary/aromatic N) is 3. The summed E-state index contributed by atoms with van der Waals surface area (Å²) >= 11 is 0. The minimum absolute atomic E-state index is 0.748. The highest BCUT2D eigenvalue weighted by atomic mass is 14.9. The normalized spacial score (nSPS) is 11.3. The summed E-state index contributed by atoms with van der Waals surface area (Å²) in [6, 6.07) is 13.0. The number of unbranched alkanes of at least 4 members (excludes halogenated alkanes) is 6. The summed E-state index contributed by atoms with van der Waals surface area (Å²) in [5.41, 5.74) is 5.75. The first-order valence-electron chi connectivity index (χ1n) is 13.0. The van der Waals surface area contributed by atoms with Crippen LogP contribution in [-0.2, 0) is 12.8 Å². The van der Waals surface area contributed by atoms with Crippen LogP contribution in [0.4, 0.5) is 0 Å². The molecule has 2 heterocycles. The molecule has 3 aromatic rings. The summed E-state index contributed by atoms with van der Waals surface area (Å²) in [6.07, 6.45) is 19.8. The van der Waals surface area contributed by atoms with Crippen LogP contribution in [-0.4, -0.2) is 15.0 Å². The number of aromatic nitrogens is 3. The molecular weight excluding hydrogens is 402 g/mol. The number of rotatable bonds is 14. The van der Waals surface area contributed by atoms with Gasteiger partial charge in [0.2, 0.25) is 0 Å². The standard InChI is InChI=1S/C30H41N3/c1-4-5-6-7-8-9-14-26-21-32-30(33-22-26)28-19-20-29(31-23-28)27-17-15-25(16-18-27)13-11-10-12-24(2)3/h15-24H,4-14H2,1-3H3. The van der Waals surface area contributed by atoms with Gasteiger partial charge in [-0.05, 0) is 54.9 Å². The van der Waals surface area contributed by atoms with E-state index in [-0.39, 0.29) is 0 Å². The Bertz CT molecular complexity index is 912. The second-order valence-electron chi connectivity index (χ2n) is 9.70. The quantitative estimate of drug-likeness (QED) is 0.234. The molecule has 0 bridgehead atoms. The summed E-state index contributed by atoms with van der Waals surface area (Å²) in [5.74, 6) is 1.55. The minimum atomic E-state index is 0.748. The molecule has 0 aliphatic carbocycles. The van der Waals surface area contributed by atoms with Crippen molar-refractivity contribution in [3.8, 4) is 22.6 Å². The van der Waals surface area contributed by atoms with Gasteiger partial charge < -0.3 is 0 Å². The molecule has 3 heteroatoms. The lowest BCUT2D eigenvalue weighted by atomic mass is 10.0. The lowest BCUT2D eigenvalue weighted by Gasteiger charge is -2.07. The van der Waals surface area contributed by atoms with Crippen LogP contribution in [0.2, 0.25) is 0 Å². The van der Waals surface area contributed by atoms with Crippen LogP contribution in [0, 0.1) is 5.92 Å². The Morgan fingerprint density at radius 3 is 1.91 bits per heavy atom. The molecule has 3 rings (SSSR count). The first-order valence-corrected chi connectivity index (χ1v) is 13.0. The summed E-state index contributed by atoms with van der Waals surface area (Å²) in [5, 5.41) is 0. The molecule has 176 valence electrons. The van der Waals surface area contributed by atoms with Crippen LogP contribution < -0.4 is 0 Å². The van der Waals surface area contributed by atoms with Crippen molar-refractivity contribution in [1.29, 1.82) is 0 Å². The van der Waals surface area contributed by atoms with Crippen molar-refractivity contribution in [2.24, 2.45) is 5.92 Å². The summed E-state index contributed by atoms with van der Waals surface area (Å²) in [6.45, 7) is 6.85. The van der Waals surface area contributed by atoms with E-state index in [2.05, 4.69) is 72.1 Å². The van der Waals surface area contributed by atoms with E-state index in [0.717, 1.165) is 41.4 Å². The Morgan fingerprint density at radius 2 is 1.24 bits per heavy atom. The van der Waals surface area contributed by atoms with E-state index in [1.807, 2.05) is 18.6 Å². The van der Waals surface area contributed by atoms with Gasteiger partial charge in [-0.25, -0.2) is 9.97 Å². The number of hydrogen-bond acceptors (Lipinski definition) is 3. The Kier molecular flexibility index (Phi) is 10.5. The molecule has 0 unspecified atom stereocenters. The van der Waals surface area contributed by atoms with Gasteiger partial charge in [-0.1, -0.05) is 90.0 Å². The van der Waals surface area contributed by atoms with Crippen molar-refractivity contribution in [3.05, 3.63) is 66.1 Å². The van der Waals surface area contributed by atoms with Crippen molar-refractivity contribution < 1.29 is 0 Å². The van der Waals surface area contributed by atoms with Gasteiger partial charge >= 0.3 is 0 Å². The maximum atomic E-state index is 4.68. The smallest absolute Gasteiger partial charge is 0.160 e. The van der Waals surface area contributed by atoms with Gasteiger partial charge in [-0.3, -0.25) is 4.98 Å². The fraction of sp³-hybridized carbons (Fsp3) is 0.500. The first kappa shape index (κ1) is 25.1. The molecule has 0 amide bonds. The van der Waals surface area contributed by atoms with Crippen molar-refractivity contribution in [3.63, 3.8) is 0 Å². The van der Waals surface area contributed by atoms with E-state index in [1.54, 1.807) is 0 Å². The molecule has 1 aromatic carbocycles. The molecular formula is C30H41N3. The largest absolute Gasteiger partial charge is 0.255 e. The fourth-order valence-corrected chi connectivity index (χ4v) is 4.16. The highest BCUT2D eigenvalue weighted by Crippen LogP contribution is 2.22. The molecule has 33 heavy (non-hydrogen) atoms. The summed E-state index contributed by atoms with van der Waals surface area (Å²) in [4.78, 5) is 13.9. The zero-order valence-corrected chi connectivity index (χ0v) is 20.9. The van der Waals surface area contributed by atoms with Crippen molar-refractivity contribution in [2.75, 3.05) is 0 Å². The molecule has 0 radical (unpaired) electrons. The molecule has 0 aliphatic rings. The zero-order valence-electron chi connectivity index (χ0n) is 20.9. The van der Waals surface area contributed by atoms with Gasteiger partial charge in [-0.2, -0.15) is 0 Å². The summed E-state index contributed by atoms with van der Waals surface area (Å²) < 4.78 is 0. The van der Waals surface area contributed by atoms with Crippen molar-refractivity contribution >= 4 is 0 Å². The first-order chi connectivity index (χ1) is 16.2. The molecule has 0 atom stereocenters. The van der Waals surface area contributed by atoms with Gasteiger partial charge in [0, 0.05) is 29.7 Å². The minimum Gasteiger partial charge on any atom is -0.255 e. The number of benzene rings is 1. The number of pyridine rings is 1.